The smallest absolute Gasteiger partial charge is 0.261 e. The molecule has 0 bridgehead atoms. The third kappa shape index (κ3) is 5.30. The van der Waals surface area contributed by atoms with Gasteiger partial charge in [0.1, 0.15) is 0 Å². The number of benzene rings is 2. The van der Waals surface area contributed by atoms with Crippen LogP contribution in [0.5, 0.6) is 5.75 Å². The Bertz CT molecular complexity index is 759. The van der Waals surface area contributed by atoms with E-state index in [2.05, 4.69) is 16.3 Å². The minimum absolute atomic E-state index is 0.105. The summed E-state index contributed by atoms with van der Waals surface area (Å²) in [5, 5.41) is 2.95. The number of nitrogens with zero attached hydrogens (tertiary/aromatic N) is 1. The van der Waals surface area contributed by atoms with Crippen molar-refractivity contribution in [2.75, 3.05) is 13.1 Å². The van der Waals surface area contributed by atoms with Crippen molar-refractivity contribution in [1.29, 1.82) is 0 Å². The van der Waals surface area contributed by atoms with E-state index in [-0.39, 0.29) is 11.7 Å². The second kappa shape index (κ2) is 9.51. The molecule has 27 heavy (non-hydrogen) atoms. The molecule has 0 aliphatic carbocycles. The van der Waals surface area contributed by atoms with Gasteiger partial charge in [-0.2, -0.15) is 0 Å². The second-order valence-electron chi connectivity index (χ2n) is 6.91. The van der Waals surface area contributed by atoms with E-state index in [4.69, 9.17) is 4.74 Å². The van der Waals surface area contributed by atoms with Crippen molar-refractivity contribution in [2.45, 2.75) is 45.4 Å². The van der Waals surface area contributed by atoms with E-state index in [1.54, 1.807) is 12.1 Å². The fourth-order valence-electron chi connectivity index (χ4n) is 3.38. The van der Waals surface area contributed by atoms with Gasteiger partial charge in [0, 0.05) is 13.1 Å². The second-order valence-corrected chi connectivity index (χ2v) is 6.91. The average molecular weight is 370 g/mol. The topological polar surface area (TPSA) is 41.6 Å². The zero-order valence-corrected chi connectivity index (χ0v) is 15.8. The van der Waals surface area contributed by atoms with Crippen molar-refractivity contribution in [3.8, 4) is 5.75 Å². The molecule has 144 valence electrons. The summed E-state index contributed by atoms with van der Waals surface area (Å²) < 4.78 is 19.4. The zero-order chi connectivity index (χ0) is 19.1. The summed E-state index contributed by atoms with van der Waals surface area (Å²) in [6.45, 7) is 5.48. The van der Waals surface area contributed by atoms with E-state index in [0.717, 1.165) is 25.2 Å². The maximum absolute atomic E-state index is 13.8. The number of rotatable bonds is 8. The first-order chi connectivity index (χ1) is 13.2. The Morgan fingerprint density at radius 1 is 1.11 bits per heavy atom. The maximum atomic E-state index is 13.8. The Balaban J connectivity index is 1.60. The fourth-order valence-corrected chi connectivity index (χ4v) is 3.38. The summed E-state index contributed by atoms with van der Waals surface area (Å²) in [6.07, 6.45) is 2.26. The number of hydrogen-bond donors (Lipinski definition) is 1. The lowest BCUT2D eigenvalue weighted by atomic mass is 10.1. The number of carbonyl (C=O) groups is 1. The Labute approximate surface area is 160 Å². The maximum Gasteiger partial charge on any atom is 0.261 e. The van der Waals surface area contributed by atoms with E-state index in [1.807, 2.05) is 25.1 Å². The molecule has 0 spiro atoms. The number of nitrogens with one attached hydrogen (secondary N) is 1. The highest BCUT2D eigenvalue weighted by Crippen LogP contribution is 2.19. The van der Waals surface area contributed by atoms with Gasteiger partial charge < -0.3 is 10.1 Å². The van der Waals surface area contributed by atoms with Crippen LogP contribution in [0.25, 0.3) is 0 Å². The Morgan fingerprint density at radius 2 is 1.78 bits per heavy atom. The normalized spacial score (nSPS) is 15.5. The highest BCUT2D eigenvalue weighted by Gasteiger charge is 2.20. The SMILES string of the molecule is CC[C@H](Oc1ccccc1F)C(=O)NCc1ccccc1CN1CCCC1. The van der Waals surface area contributed by atoms with E-state index >= 15 is 0 Å². The van der Waals surface area contributed by atoms with E-state index < -0.39 is 11.9 Å². The van der Waals surface area contributed by atoms with Gasteiger partial charge in [0.2, 0.25) is 0 Å². The summed E-state index contributed by atoms with van der Waals surface area (Å²) >= 11 is 0. The van der Waals surface area contributed by atoms with Crippen LogP contribution >= 0.6 is 0 Å². The number of para-hydroxylation sites is 1. The number of hydrogen-bond acceptors (Lipinski definition) is 3. The minimum Gasteiger partial charge on any atom is -0.478 e. The molecule has 1 heterocycles. The van der Waals surface area contributed by atoms with Gasteiger partial charge in [0.15, 0.2) is 17.7 Å². The quantitative estimate of drug-likeness (QED) is 0.766. The molecule has 4 nitrogen and oxygen atoms in total. The number of ether oxygens (including phenoxy) is 1. The van der Waals surface area contributed by atoms with Crippen LogP contribution in [0.2, 0.25) is 0 Å². The molecule has 1 aliphatic rings. The molecule has 5 heteroatoms. The lowest BCUT2D eigenvalue weighted by molar-refractivity contribution is -0.128. The van der Waals surface area contributed by atoms with E-state index in [0.29, 0.717) is 13.0 Å². The fraction of sp³-hybridized carbons (Fsp3) is 0.409. The highest BCUT2D eigenvalue weighted by atomic mass is 19.1. The molecular formula is C22H27FN2O2. The lowest BCUT2D eigenvalue weighted by Gasteiger charge is -2.20. The van der Waals surface area contributed by atoms with Gasteiger partial charge in [-0.3, -0.25) is 9.69 Å². The third-order valence-electron chi connectivity index (χ3n) is 4.93. The van der Waals surface area contributed by atoms with Crippen LogP contribution in [0, 0.1) is 5.82 Å². The van der Waals surface area contributed by atoms with Gasteiger partial charge >= 0.3 is 0 Å². The molecule has 0 radical (unpaired) electrons. The summed E-state index contributed by atoms with van der Waals surface area (Å²) in [5.74, 6) is -0.578. The Hall–Kier alpha value is -2.40. The Morgan fingerprint density at radius 3 is 2.48 bits per heavy atom. The standard InChI is InChI=1S/C22H27FN2O2/c1-2-20(27-21-12-6-5-11-19(21)23)22(26)24-15-17-9-3-4-10-18(17)16-25-13-7-8-14-25/h3-6,9-12,20H,2,7-8,13-16H2,1H3,(H,24,26)/t20-/m0/s1. The number of carbonyl (C=O) groups excluding carboxylic acids is 1. The first-order valence-electron chi connectivity index (χ1n) is 9.65. The number of likely N-dealkylation sites (tertiary alicyclic amines) is 1. The van der Waals surface area contributed by atoms with Crippen LogP contribution in [-0.2, 0) is 17.9 Å². The molecule has 1 atom stereocenters. The van der Waals surface area contributed by atoms with Crippen LogP contribution in [-0.4, -0.2) is 30.0 Å². The van der Waals surface area contributed by atoms with Crippen LogP contribution in [0.15, 0.2) is 48.5 Å². The van der Waals surface area contributed by atoms with Gasteiger partial charge in [-0.1, -0.05) is 43.3 Å². The van der Waals surface area contributed by atoms with Crippen molar-refractivity contribution >= 4 is 5.91 Å². The number of amides is 1. The predicted octanol–water partition coefficient (Wildman–Crippen LogP) is 3.90. The molecule has 1 fully saturated rings. The summed E-state index contributed by atoms with van der Waals surface area (Å²) in [6, 6.07) is 14.3. The van der Waals surface area contributed by atoms with Gasteiger partial charge in [0.25, 0.3) is 5.91 Å². The molecule has 1 aliphatic heterocycles. The molecule has 1 saturated heterocycles. The minimum atomic E-state index is -0.715. The van der Waals surface area contributed by atoms with Crippen molar-refractivity contribution in [1.82, 2.24) is 10.2 Å². The van der Waals surface area contributed by atoms with Crippen molar-refractivity contribution in [3.05, 3.63) is 65.5 Å². The van der Waals surface area contributed by atoms with Gasteiger partial charge in [0.05, 0.1) is 0 Å². The van der Waals surface area contributed by atoms with Crippen LogP contribution in [0.1, 0.15) is 37.3 Å². The summed E-state index contributed by atoms with van der Waals surface area (Å²) in [4.78, 5) is 15.0. The van der Waals surface area contributed by atoms with Gasteiger partial charge in [-0.25, -0.2) is 4.39 Å². The number of halogens is 1. The Kier molecular flexibility index (Phi) is 6.82. The van der Waals surface area contributed by atoms with E-state index in [9.17, 15) is 9.18 Å². The molecule has 0 saturated carbocycles. The summed E-state index contributed by atoms with van der Waals surface area (Å²) in [7, 11) is 0. The molecule has 2 aromatic carbocycles. The van der Waals surface area contributed by atoms with Crippen LogP contribution < -0.4 is 10.1 Å². The van der Waals surface area contributed by atoms with E-state index in [1.165, 1.54) is 30.5 Å². The van der Waals surface area contributed by atoms with Crippen LogP contribution in [0.3, 0.4) is 0 Å². The lowest BCUT2D eigenvalue weighted by Crippen LogP contribution is -2.38. The highest BCUT2D eigenvalue weighted by molar-refractivity contribution is 5.81. The molecule has 3 rings (SSSR count). The molecule has 0 aromatic heterocycles. The van der Waals surface area contributed by atoms with Gasteiger partial charge in [-0.05, 0) is 55.6 Å². The molecular weight excluding hydrogens is 343 g/mol. The predicted molar refractivity (Wildman–Crippen MR) is 104 cm³/mol. The molecule has 2 aromatic rings. The zero-order valence-electron chi connectivity index (χ0n) is 15.8. The molecule has 1 amide bonds. The average Bonchev–Trinajstić information content (AvgIpc) is 3.19. The monoisotopic (exact) mass is 370 g/mol. The van der Waals surface area contributed by atoms with Crippen molar-refractivity contribution in [2.24, 2.45) is 0 Å². The first kappa shape index (κ1) is 19.4. The first-order valence-corrected chi connectivity index (χ1v) is 9.65. The van der Waals surface area contributed by atoms with Crippen molar-refractivity contribution in [3.63, 3.8) is 0 Å². The van der Waals surface area contributed by atoms with Crippen LogP contribution in [0.4, 0.5) is 4.39 Å². The molecule has 0 unspecified atom stereocenters. The largest absolute Gasteiger partial charge is 0.478 e. The summed E-state index contributed by atoms with van der Waals surface area (Å²) in [5.41, 5.74) is 2.35. The van der Waals surface area contributed by atoms with Crippen molar-refractivity contribution < 1.29 is 13.9 Å². The van der Waals surface area contributed by atoms with Gasteiger partial charge in [-0.15, -0.1) is 0 Å². The third-order valence-corrected chi connectivity index (χ3v) is 4.93. The molecule has 1 N–H and O–H groups in total.